The molecule has 0 saturated heterocycles. The first-order chi connectivity index (χ1) is 6.86. The van der Waals surface area contributed by atoms with Crippen LogP contribution in [0.3, 0.4) is 0 Å². The summed E-state index contributed by atoms with van der Waals surface area (Å²) in [6, 6.07) is 2.82. The van der Waals surface area contributed by atoms with Gasteiger partial charge in [-0.2, -0.15) is 0 Å². The first-order valence-electron chi connectivity index (χ1n) is 5.10. The van der Waals surface area contributed by atoms with E-state index in [1.165, 1.54) is 12.0 Å². The highest BCUT2D eigenvalue weighted by Crippen LogP contribution is 2.34. The molecule has 0 N–H and O–H groups in total. The third-order valence-electron chi connectivity index (χ3n) is 2.89. The van der Waals surface area contributed by atoms with Crippen LogP contribution >= 0.6 is 11.3 Å². The Morgan fingerprint density at radius 2 is 2.57 bits per heavy atom. The molecule has 0 spiro atoms. The Balaban J connectivity index is 2.25. The van der Waals surface area contributed by atoms with Crippen LogP contribution in [-0.4, -0.2) is 18.0 Å². The molecule has 0 amide bonds. The fraction of sp³-hybridized carbons (Fsp3) is 0.500. The third kappa shape index (κ3) is 1.58. The first-order valence-corrected chi connectivity index (χ1v) is 5.98. The second-order valence-electron chi connectivity index (χ2n) is 3.65. The first kappa shape index (κ1) is 9.76. The van der Waals surface area contributed by atoms with Crippen LogP contribution in [0.25, 0.3) is 0 Å². The van der Waals surface area contributed by atoms with Gasteiger partial charge in [0.25, 0.3) is 0 Å². The molecule has 0 radical (unpaired) electrons. The van der Waals surface area contributed by atoms with Gasteiger partial charge in [-0.15, -0.1) is 17.8 Å². The zero-order valence-electron chi connectivity index (χ0n) is 8.49. The number of fused-ring (bicyclic) bond motifs is 1. The molecule has 2 rings (SSSR count). The highest BCUT2D eigenvalue weighted by molar-refractivity contribution is 7.10. The minimum Gasteiger partial charge on any atom is -0.285 e. The van der Waals surface area contributed by atoms with Crippen molar-refractivity contribution < 1.29 is 0 Å². The van der Waals surface area contributed by atoms with Crippen LogP contribution in [0.2, 0.25) is 0 Å². The number of thiophene rings is 1. The number of rotatable bonds is 2. The molecule has 0 fully saturated rings. The van der Waals surface area contributed by atoms with E-state index in [1.54, 1.807) is 4.88 Å². The topological polar surface area (TPSA) is 3.24 Å². The van der Waals surface area contributed by atoms with Crippen LogP contribution in [0.5, 0.6) is 0 Å². The molecule has 1 aliphatic rings. The molecule has 1 aliphatic heterocycles. The molecule has 1 atom stereocenters. The normalized spacial score (nSPS) is 21.6. The second-order valence-corrected chi connectivity index (χ2v) is 4.65. The molecule has 14 heavy (non-hydrogen) atoms. The zero-order valence-corrected chi connectivity index (χ0v) is 9.31. The Kier molecular flexibility index (Phi) is 2.90. The lowest BCUT2D eigenvalue weighted by Gasteiger charge is -2.33. The molecule has 2 heteroatoms. The fourth-order valence-corrected chi connectivity index (χ4v) is 3.16. The van der Waals surface area contributed by atoms with E-state index in [4.69, 9.17) is 6.42 Å². The van der Waals surface area contributed by atoms with Crippen molar-refractivity contribution in [2.75, 3.05) is 13.1 Å². The monoisotopic (exact) mass is 205 g/mol. The number of hydrogen-bond acceptors (Lipinski definition) is 2. The summed E-state index contributed by atoms with van der Waals surface area (Å²) in [5.74, 6) is 2.75. The zero-order chi connectivity index (χ0) is 9.97. The molecule has 74 valence electrons. The van der Waals surface area contributed by atoms with Gasteiger partial charge in [0.1, 0.15) is 0 Å². The summed E-state index contributed by atoms with van der Waals surface area (Å²) >= 11 is 1.89. The maximum atomic E-state index is 5.38. The van der Waals surface area contributed by atoms with E-state index in [9.17, 15) is 0 Å². The summed E-state index contributed by atoms with van der Waals surface area (Å²) in [5, 5.41) is 2.20. The van der Waals surface area contributed by atoms with Crippen LogP contribution in [0.15, 0.2) is 11.4 Å². The van der Waals surface area contributed by atoms with Crippen molar-refractivity contribution in [1.29, 1.82) is 0 Å². The highest BCUT2D eigenvalue weighted by Gasteiger charge is 2.25. The highest BCUT2D eigenvalue weighted by atomic mass is 32.1. The number of nitrogens with zero attached hydrogens (tertiary/aromatic N) is 1. The lowest BCUT2D eigenvalue weighted by molar-refractivity contribution is 0.206. The molecule has 0 aromatic carbocycles. The van der Waals surface area contributed by atoms with Gasteiger partial charge in [-0.3, -0.25) is 4.90 Å². The van der Waals surface area contributed by atoms with E-state index >= 15 is 0 Å². The minimum absolute atomic E-state index is 0.557. The van der Waals surface area contributed by atoms with E-state index < -0.39 is 0 Å². The quantitative estimate of drug-likeness (QED) is 0.671. The van der Waals surface area contributed by atoms with Crippen molar-refractivity contribution in [2.45, 2.75) is 25.8 Å². The molecule has 1 nitrogen and oxygen atoms in total. The van der Waals surface area contributed by atoms with Crippen LogP contribution in [-0.2, 0) is 6.42 Å². The summed E-state index contributed by atoms with van der Waals surface area (Å²) < 4.78 is 0. The van der Waals surface area contributed by atoms with Gasteiger partial charge in [-0.1, -0.05) is 12.8 Å². The van der Waals surface area contributed by atoms with Crippen molar-refractivity contribution in [3.8, 4) is 12.3 Å². The van der Waals surface area contributed by atoms with Gasteiger partial charge < -0.3 is 0 Å². The molecule has 0 aliphatic carbocycles. The Bertz CT molecular complexity index is 347. The number of terminal acetylenes is 1. The van der Waals surface area contributed by atoms with Gasteiger partial charge in [-0.05, 0) is 29.9 Å². The molecular formula is C12H15NS. The van der Waals surface area contributed by atoms with Gasteiger partial charge in [0.15, 0.2) is 0 Å². The lowest BCUT2D eigenvalue weighted by atomic mass is 9.98. The predicted octanol–water partition coefficient (Wildman–Crippen LogP) is 2.69. The van der Waals surface area contributed by atoms with E-state index in [2.05, 4.69) is 29.2 Å². The van der Waals surface area contributed by atoms with Crippen LogP contribution in [0.1, 0.15) is 29.8 Å². The van der Waals surface area contributed by atoms with Gasteiger partial charge in [-0.25, -0.2) is 0 Å². The van der Waals surface area contributed by atoms with Gasteiger partial charge in [0.2, 0.25) is 0 Å². The molecule has 1 aromatic rings. The molecule has 1 unspecified atom stereocenters. The Hall–Kier alpha value is -0.780. The van der Waals surface area contributed by atoms with Crippen molar-refractivity contribution in [3.05, 3.63) is 21.9 Å². The smallest absolute Gasteiger partial charge is 0.0604 e. The molecular weight excluding hydrogens is 190 g/mol. The van der Waals surface area contributed by atoms with Crippen molar-refractivity contribution in [2.24, 2.45) is 0 Å². The van der Waals surface area contributed by atoms with Crippen molar-refractivity contribution in [1.82, 2.24) is 4.90 Å². The van der Waals surface area contributed by atoms with Crippen molar-refractivity contribution in [3.63, 3.8) is 0 Å². The van der Waals surface area contributed by atoms with Crippen LogP contribution in [0.4, 0.5) is 0 Å². The summed E-state index contributed by atoms with van der Waals surface area (Å²) in [4.78, 5) is 3.97. The van der Waals surface area contributed by atoms with E-state index in [0.717, 1.165) is 19.5 Å². The van der Waals surface area contributed by atoms with Crippen molar-refractivity contribution >= 4 is 11.3 Å². The second kappa shape index (κ2) is 4.16. The summed E-state index contributed by atoms with van der Waals surface area (Å²) in [6.07, 6.45) is 7.71. The SMILES string of the molecule is C#CCN1CCc2sccc2C1CC. The average molecular weight is 205 g/mol. The third-order valence-corrected chi connectivity index (χ3v) is 3.88. The summed E-state index contributed by atoms with van der Waals surface area (Å²) in [5.41, 5.74) is 1.51. The maximum Gasteiger partial charge on any atom is 0.0604 e. The summed E-state index contributed by atoms with van der Waals surface area (Å²) in [6.45, 7) is 4.14. The average Bonchev–Trinajstić information content (AvgIpc) is 2.66. The van der Waals surface area contributed by atoms with Gasteiger partial charge in [0, 0.05) is 17.5 Å². The lowest BCUT2D eigenvalue weighted by Crippen LogP contribution is -2.34. The largest absolute Gasteiger partial charge is 0.285 e. The molecule has 1 aromatic heterocycles. The van der Waals surface area contributed by atoms with Gasteiger partial charge >= 0.3 is 0 Å². The van der Waals surface area contributed by atoms with E-state index in [0.29, 0.717) is 6.04 Å². The standard InChI is InChI=1S/C12H15NS/c1-3-7-13-8-5-12-10(6-9-14-12)11(13)4-2/h1,6,9,11H,4-5,7-8H2,2H3. The molecule has 0 bridgehead atoms. The molecule has 0 saturated carbocycles. The van der Waals surface area contributed by atoms with Gasteiger partial charge in [0.05, 0.1) is 6.54 Å². The van der Waals surface area contributed by atoms with Crippen LogP contribution in [0, 0.1) is 12.3 Å². The Labute approximate surface area is 89.7 Å². The number of hydrogen-bond donors (Lipinski definition) is 0. The Morgan fingerprint density at radius 3 is 3.29 bits per heavy atom. The predicted molar refractivity (Wildman–Crippen MR) is 61.5 cm³/mol. The maximum absolute atomic E-state index is 5.38. The van der Waals surface area contributed by atoms with E-state index in [1.807, 2.05) is 11.3 Å². The summed E-state index contributed by atoms with van der Waals surface area (Å²) in [7, 11) is 0. The minimum atomic E-state index is 0.557. The van der Waals surface area contributed by atoms with Crippen LogP contribution < -0.4 is 0 Å². The Morgan fingerprint density at radius 1 is 1.71 bits per heavy atom. The fourth-order valence-electron chi connectivity index (χ4n) is 2.23. The van der Waals surface area contributed by atoms with E-state index in [-0.39, 0.29) is 0 Å². The molecule has 2 heterocycles.